The van der Waals surface area contributed by atoms with E-state index in [1.165, 1.54) is 6.08 Å². The van der Waals surface area contributed by atoms with Crippen molar-refractivity contribution < 1.29 is 4.42 Å². The molecule has 0 atom stereocenters. The van der Waals surface area contributed by atoms with Crippen LogP contribution in [0.4, 0.5) is 0 Å². The second kappa shape index (κ2) is 5.83. The van der Waals surface area contributed by atoms with Crippen LogP contribution < -0.4 is 5.73 Å². The minimum Gasteiger partial charge on any atom is -0.457 e. The van der Waals surface area contributed by atoms with Crippen molar-refractivity contribution in [1.82, 2.24) is 0 Å². The molecule has 19 heavy (non-hydrogen) atoms. The van der Waals surface area contributed by atoms with Gasteiger partial charge in [0.15, 0.2) is 0 Å². The molecule has 0 saturated carbocycles. The lowest BCUT2D eigenvalue weighted by Gasteiger charge is -1.97. The highest BCUT2D eigenvalue weighted by atomic mass is 79.9. The lowest BCUT2D eigenvalue weighted by atomic mass is 10.2. The van der Waals surface area contributed by atoms with Crippen molar-refractivity contribution >= 4 is 39.2 Å². The molecule has 5 heteroatoms. The Morgan fingerprint density at radius 2 is 1.95 bits per heavy atom. The van der Waals surface area contributed by atoms with Gasteiger partial charge in [0.05, 0.1) is 5.57 Å². The van der Waals surface area contributed by atoms with Crippen LogP contribution in [0.3, 0.4) is 0 Å². The van der Waals surface area contributed by atoms with Gasteiger partial charge < -0.3 is 10.2 Å². The summed E-state index contributed by atoms with van der Waals surface area (Å²) in [7, 11) is 0. The maximum Gasteiger partial charge on any atom is 0.134 e. The van der Waals surface area contributed by atoms with Crippen molar-refractivity contribution in [3.63, 3.8) is 0 Å². The second-order valence-corrected chi connectivity index (χ2v) is 5.10. The number of nitriles is 1. The summed E-state index contributed by atoms with van der Waals surface area (Å²) in [5, 5.41) is 8.88. The number of halogens is 1. The van der Waals surface area contributed by atoms with Crippen molar-refractivity contribution in [1.29, 1.82) is 5.26 Å². The fraction of sp³-hybridized carbons (Fsp3) is 0. The van der Waals surface area contributed by atoms with Crippen LogP contribution in [0, 0.1) is 11.3 Å². The van der Waals surface area contributed by atoms with E-state index in [2.05, 4.69) is 15.9 Å². The van der Waals surface area contributed by atoms with Gasteiger partial charge >= 0.3 is 0 Å². The molecule has 0 amide bonds. The summed E-state index contributed by atoms with van der Waals surface area (Å²) < 4.78 is 6.64. The number of thiocarbonyl (C=S) groups is 1. The number of furan rings is 1. The summed E-state index contributed by atoms with van der Waals surface area (Å²) >= 11 is 8.15. The molecule has 0 radical (unpaired) electrons. The minimum atomic E-state index is 0.0593. The first kappa shape index (κ1) is 13.5. The van der Waals surface area contributed by atoms with Gasteiger partial charge in [0.25, 0.3) is 0 Å². The van der Waals surface area contributed by atoms with Crippen LogP contribution in [0.2, 0.25) is 0 Å². The lowest BCUT2D eigenvalue weighted by molar-refractivity contribution is 0.571. The fourth-order valence-corrected chi connectivity index (χ4v) is 1.87. The number of hydrogen-bond donors (Lipinski definition) is 1. The number of nitrogens with two attached hydrogens (primary N) is 1. The van der Waals surface area contributed by atoms with Crippen LogP contribution in [0.5, 0.6) is 0 Å². The highest BCUT2D eigenvalue weighted by Gasteiger charge is 2.05. The molecule has 2 aromatic rings. The first-order valence-corrected chi connectivity index (χ1v) is 6.57. The van der Waals surface area contributed by atoms with Crippen LogP contribution in [-0.4, -0.2) is 4.99 Å². The van der Waals surface area contributed by atoms with Gasteiger partial charge in [-0.15, -0.1) is 0 Å². The lowest BCUT2D eigenvalue weighted by Crippen LogP contribution is -2.09. The van der Waals surface area contributed by atoms with E-state index in [1.54, 1.807) is 6.07 Å². The SMILES string of the molecule is N#CC(=Cc1ccc(-c2ccc(Br)cc2)o1)C(N)=S. The molecule has 0 saturated heterocycles. The third kappa shape index (κ3) is 3.31. The smallest absolute Gasteiger partial charge is 0.134 e. The molecule has 0 spiro atoms. The standard InChI is InChI=1S/C14H9BrN2OS/c15-11-3-1-9(2-4-11)13-6-5-12(18-13)7-10(8-16)14(17)19/h1-7H,(H2,17,19). The molecule has 2 N–H and O–H groups in total. The molecular weight excluding hydrogens is 324 g/mol. The zero-order valence-electron chi connectivity index (χ0n) is 9.76. The molecule has 0 fully saturated rings. The molecule has 1 aromatic heterocycles. The van der Waals surface area contributed by atoms with Gasteiger partial charge in [-0.05, 0) is 24.3 Å². The molecule has 0 aliphatic carbocycles. The average molecular weight is 333 g/mol. The van der Waals surface area contributed by atoms with Crippen molar-refractivity contribution in [3.05, 3.63) is 52.2 Å². The van der Waals surface area contributed by atoms with Crippen LogP contribution in [-0.2, 0) is 0 Å². The summed E-state index contributed by atoms with van der Waals surface area (Å²) in [5.74, 6) is 1.27. The zero-order chi connectivity index (χ0) is 13.8. The minimum absolute atomic E-state index is 0.0593. The Morgan fingerprint density at radius 1 is 1.26 bits per heavy atom. The van der Waals surface area contributed by atoms with E-state index in [0.717, 1.165) is 15.8 Å². The number of hydrogen-bond acceptors (Lipinski definition) is 3. The van der Waals surface area contributed by atoms with Gasteiger partial charge in [-0.3, -0.25) is 0 Å². The van der Waals surface area contributed by atoms with Crippen molar-refractivity contribution in [2.75, 3.05) is 0 Å². The highest BCUT2D eigenvalue weighted by molar-refractivity contribution is 9.10. The van der Waals surface area contributed by atoms with E-state index in [1.807, 2.05) is 36.4 Å². The largest absolute Gasteiger partial charge is 0.457 e. The first-order chi connectivity index (χ1) is 9.10. The first-order valence-electron chi connectivity index (χ1n) is 5.37. The zero-order valence-corrected chi connectivity index (χ0v) is 12.2. The summed E-state index contributed by atoms with van der Waals surface area (Å²) in [6.07, 6.45) is 1.53. The Bertz CT molecular complexity index is 680. The Hall–Kier alpha value is -1.90. The van der Waals surface area contributed by atoms with Crippen LogP contribution in [0.1, 0.15) is 5.76 Å². The van der Waals surface area contributed by atoms with Crippen molar-refractivity contribution in [2.24, 2.45) is 5.73 Å². The quantitative estimate of drug-likeness (QED) is 0.526. The molecule has 0 aliphatic rings. The number of nitrogens with zero attached hydrogens (tertiary/aromatic N) is 1. The van der Waals surface area contributed by atoms with Gasteiger partial charge in [-0.2, -0.15) is 5.26 Å². The third-order valence-corrected chi connectivity index (χ3v) is 3.18. The molecule has 3 nitrogen and oxygen atoms in total. The summed E-state index contributed by atoms with van der Waals surface area (Å²) in [4.78, 5) is 0.0593. The molecule has 0 unspecified atom stereocenters. The van der Waals surface area contributed by atoms with Crippen LogP contribution >= 0.6 is 28.1 Å². The van der Waals surface area contributed by atoms with E-state index in [9.17, 15) is 0 Å². The maximum atomic E-state index is 8.88. The topological polar surface area (TPSA) is 63.0 Å². The van der Waals surface area contributed by atoms with Crippen LogP contribution in [0.25, 0.3) is 17.4 Å². The van der Waals surface area contributed by atoms with Crippen molar-refractivity contribution in [2.45, 2.75) is 0 Å². The Morgan fingerprint density at radius 3 is 2.53 bits per heavy atom. The molecule has 1 aromatic carbocycles. The summed E-state index contributed by atoms with van der Waals surface area (Å²) in [6.45, 7) is 0. The summed E-state index contributed by atoms with van der Waals surface area (Å²) in [6, 6.07) is 13.3. The Labute approximate surface area is 124 Å². The van der Waals surface area contributed by atoms with Gasteiger partial charge in [0.1, 0.15) is 22.6 Å². The highest BCUT2D eigenvalue weighted by Crippen LogP contribution is 2.24. The molecule has 2 rings (SSSR count). The monoisotopic (exact) mass is 332 g/mol. The average Bonchev–Trinajstić information content (AvgIpc) is 2.85. The summed E-state index contributed by atoms with van der Waals surface area (Å²) in [5.41, 5.74) is 6.61. The van der Waals surface area contributed by atoms with Gasteiger partial charge in [0.2, 0.25) is 0 Å². The maximum absolute atomic E-state index is 8.88. The van der Waals surface area contributed by atoms with E-state index in [-0.39, 0.29) is 10.6 Å². The van der Waals surface area contributed by atoms with Gasteiger partial charge in [-0.1, -0.05) is 40.3 Å². The van der Waals surface area contributed by atoms with E-state index < -0.39 is 0 Å². The molecule has 0 aliphatic heterocycles. The second-order valence-electron chi connectivity index (χ2n) is 3.74. The van der Waals surface area contributed by atoms with Gasteiger partial charge in [-0.25, -0.2) is 0 Å². The molecule has 0 bridgehead atoms. The molecule has 94 valence electrons. The predicted molar refractivity (Wildman–Crippen MR) is 82.2 cm³/mol. The van der Waals surface area contributed by atoms with Crippen LogP contribution in [0.15, 0.2) is 50.9 Å². The van der Waals surface area contributed by atoms with Crippen molar-refractivity contribution in [3.8, 4) is 17.4 Å². The third-order valence-electron chi connectivity index (χ3n) is 2.43. The van der Waals surface area contributed by atoms with E-state index >= 15 is 0 Å². The Kier molecular flexibility index (Phi) is 4.15. The van der Waals surface area contributed by atoms with Gasteiger partial charge in [0, 0.05) is 16.1 Å². The number of benzene rings is 1. The number of rotatable bonds is 3. The molecule has 1 heterocycles. The van der Waals surface area contributed by atoms with E-state index in [4.69, 9.17) is 27.6 Å². The normalized spacial score (nSPS) is 11.1. The van der Waals surface area contributed by atoms with E-state index in [0.29, 0.717) is 5.76 Å². The molecular formula is C14H9BrN2OS. The Balaban J connectivity index is 2.32. The predicted octanol–water partition coefficient (Wildman–Crippen LogP) is 3.90. The fourth-order valence-electron chi connectivity index (χ4n) is 1.50.